The van der Waals surface area contributed by atoms with E-state index in [1.807, 2.05) is 30.3 Å². The van der Waals surface area contributed by atoms with Crippen LogP contribution in [0.3, 0.4) is 0 Å². The molecule has 0 amide bonds. The summed E-state index contributed by atoms with van der Waals surface area (Å²) in [4.78, 5) is 3.20. The minimum atomic E-state index is -5.36. The maximum absolute atomic E-state index is 12.4. The highest BCUT2D eigenvalue weighted by molar-refractivity contribution is 14.0. The Hall–Kier alpha value is -2.02. The summed E-state index contributed by atoms with van der Waals surface area (Å²) in [7, 11) is -5.36. The van der Waals surface area contributed by atoms with Crippen molar-refractivity contribution in [1.82, 2.24) is 0 Å². The highest BCUT2D eigenvalue weighted by Crippen LogP contribution is 2.30. The van der Waals surface area contributed by atoms with Crippen molar-refractivity contribution in [3.63, 3.8) is 0 Å². The molecule has 0 unspecified atom stereocenters. The van der Waals surface area contributed by atoms with Crippen LogP contribution in [-0.2, 0) is 9.84 Å². The highest BCUT2D eigenvalue weighted by Gasteiger charge is 2.46. The van der Waals surface area contributed by atoms with Crippen LogP contribution in [0.25, 0.3) is 0 Å². The summed E-state index contributed by atoms with van der Waals surface area (Å²) in [5.41, 5.74) is 1.14. The average Bonchev–Trinajstić information content (AvgIpc) is 2.59. The Kier molecular flexibility index (Phi) is 8.34. The summed E-state index contributed by atoms with van der Waals surface area (Å²) in [6.45, 7) is 0.316. The number of sulfone groups is 1. The van der Waals surface area contributed by atoms with Crippen LogP contribution in [0.4, 0.5) is 18.9 Å². The quantitative estimate of drug-likeness (QED) is 0.266. The highest BCUT2D eigenvalue weighted by atomic mass is 127. The lowest BCUT2D eigenvalue weighted by atomic mass is 10.3. The van der Waals surface area contributed by atoms with Gasteiger partial charge in [-0.1, -0.05) is 18.2 Å². The number of guanidine groups is 1. The van der Waals surface area contributed by atoms with E-state index in [9.17, 15) is 21.6 Å². The topological polar surface area (TPSA) is 93.8 Å². The Morgan fingerprint density at radius 2 is 1.67 bits per heavy atom. The van der Waals surface area contributed by atoms with Crippen LogP contribution >= 0.6 is 24.0 Å². The Bertz CT molecular complexity index is 858. The molecule has 0 atom stereocenters. The molecule has 0 spiro atoms. The number of alkyl halides is 3. The summed E-state index contributed by atoms with van der Waals surface area (Å²) >= 11 is 0. The van der Waals surface area contributed by atoms with Gasteiger partial charge in [0.15, 0.2) is 5.96 Å². The minimum absolute atomic E-state index is 0. The Labute approximate surface area is 171 Å². The lowest BCUT2D eigenvalue weighted by Crippen LogP contribution is -2.23. The fourth-order valence-electron chi connectivity index (χ4n) is 1.89. The zero-order chi connectivity index (χ0) is 19.2. The molecule has 2 aromatic rings. The molecule has 0 fully saturated rings. The number of para-hydroxylation sites is 1. The third-order valence-corrected chi connectivity index (χ3v) is 4.63. The maximum atomic E-state index is 12.4. The van der Waals surface area contributed by atoms with Crippen molar-refractivity contribution >= 4 is 45.5 Å². The Morgan fingerprint density at radius 1 is 1.07 bits per heavy atom. The molecule has 0 aliphatic carbocycles. The van der Waals surface area contributed by atoms with E-state index in [4.69, 9.17) is 10.5 Å². The predicted molar refractivity (Wildman–Crippen MR) is 107 cm³/mol. The molecule has 0 saturated carbocycles. The molecular formula is C16H17F3IN3O3S. The van der Waals surface area contributed by atoms with Gasteiger partial charge in [0, 0.05) is 5.69 Å². The second-order valence-corrected chi connectivity index (χ2v) is 6.97. The monoisotopic (exact) mass is 515 g/mol. The van der Waals surface area contributed by atoms with Gasteiger partial charge < -0.3 is 15.8 Å². The summed E-state index contributed by atoms with van der Waals surface area (Å²) in [6, 6.07) is 13.1. The molecule has 11 heteroatoms. The molecular weight excluding hydrogens is 498 g/mol. The average molecular weight is 515 g/mol. The van der Waals surface area contributed by atoms with Crippen molar-refractivity contribution in [2.75, 3.05) is 18.5 Å². The number of nitrogens with one attached hydrogen (secondary N) is 1. The van der Waals surface area contributed by atoms with Crippen LogP contribution in [0.2, 0.25) is 0 Å². The summed E-state index contributed by atoms with van der Waals surface area (Å²) in [6.07, 6.45) is 0. The van der Waals surface area contributed by atoms with Crippen LogP contribution in [0.1, 0.15) is 0 Å². The van der Waals surface area contributed by atoms with E-state index in [1.165, 1.54) is 0 Å². The first-order valence-corrected chi connectivity index (χ1v) is 8.85. The van der Waals surface area contributed by atoms with Gasteiger partial charge in [-0.2, -0.15) is 13.2 Å². The van der Waals surface area contributed by atoms with Crippen molar-refractivity contribution in [1.29, 1.82) is 0 Å². The smallest absolute Gasteiger partial charge is 0.492 e. The van der Waals surface area contributed by atoms with Gasteiger partial charge in [0.25, 0.3) is 9.84 Å². The Morgan fingerprint density at radius 3 is 2.22 bits per heavy atom. The van der Waals surface area contributed by atoms with Crippen LogP contribution in [-0.4, -0.2) is 33.0 Å². The van der Waals surface area contributed by atoms with E-state index in [0.717, 1.165) is 30.0 Å². The number of anilines is 1. The number of rotatable bonds is 6. The number of hydrogen-bond acceptors (Lipinski definition) is 4. The molecule has 27 heavy (non-hydrogen) atoms. The number of nitrogens with zero attached hydrogens (tertiary/aromatic N) is 1. The molecule has 0 aromatic heterocycles. The minimum Gasteiger partial charge on any atom is -0.492 e. The van der Waals surface area contributed by atoms with Gasteiger partial charge in [0.1, 0.15) is 12.4 Å². The number of halogens is 4. The van der Waals surface area contributed by atoms with Crippen molar-refractivity contribution in [2.45, 2.75) is 10.4 Å². The lowest BCUT2D eigenvalue weighted by molar-refractivity contribution is -0.0436. The zero-order valence-electron chi connectivity index (χ0n) is 13.8. The van der Waals surface area contributed by atoms with Gasteiger partial charge in [0.2, 0.25) is 0 Å². The standard InChI is InChI=1S/C16H16F3N3O3S.HI/c17-16(18,19)26(23,24)14-8-6-13(7-9-14)25-11-10-21-15(20)22-12-4-2-1-3-5-12;/h1-9H,10-11H2,(H3,20,21,22);1H. The van der Waals surface area contributed by atoms with Crippen molar-refractivity contribution in [3.05, 3.63) is 54.6 Å². The van der Waals surface area contributed by atoms with Gasteiger partial charge in [-0.3, -0.25) is 0 Å². The molecule has 0 heterocycles. The van der Waals surface area contributed by atoms with E-state index in [0.29, 0.717) is 0 Å². The first-order chi connectivity index (χ1) is 12.2. The van der Waals surface area contributed by atoms with Gasteiger partial charge in [0.05, 0.1) is 11.4 Å². The van der Waals surface area contributed by atoms with Crippen LogP contribution < -0.4 is 15.8 Å². The third kappa shape index (κ3) is 6.57. The number of hydrogen-bond donors (Lipinski definition) is 2. The van der Waals surface area contributed by atoms with Crippen LogP contribution in [0.15, 0.2) is 64.5 Å². The molecule has 2 rings (SSSR count). The Balaban J connectivity index is 0.00000364. The first-order valence-electron chi connectivity index (χ1n) is 7.36. The summed E-state index contributed by atoms with van der Waals surface area (Å²) < 4.78 is 65.1. The van der Waals surface area contributed by atoms with Gasteiger partial charge >= 0.3 is 5.51 Å². The maximum Gasteiger partial charge on any atom is 0.501 e. The second-order valence-electron chi connectivity index (χ2n) is 5.03. The van der Waals surface area contributed by atoms with E-state index in [1.54, 1.807) is 0 Å². The fourth-order valence-corrected chi connectivity index (χ4v) is 2.65. The molecule has 2 aromatic carbocycles. The van der Waals surface area contributed by atoms with Gasteiger partial charge in [-0.05, 0) is 36.4 Å². The van der Waals surface area contributed by atoms with Crippen molar-refractivity contribution in [3.8, 4) is 5.75 Å². The van der Waals surface area contributed by atoms with Crippen molar-refractivity contribution in [2.24, 2.45) is 10.7 Å². The van der Waals surface area contributed by atoms with Gasteiger partial charge in [-0.15, -0.1) is 24.0 Å². The number of aliphatic imine (C=N–C) groups is 1. The number of nitrogens with two attached hydrogens (primary N) is 1. The summed E-state index contributed by atoms with van der Waals surface area (Å²) in [5, 5.41) is 2.88. The SMILES string of the molecule is I.NC(=NCCOc1ccc(S(=O)(=O)C(F)(F)F)cc1)Nc1ccccc1. The predicted octanol–water partition coefficient (Wildman–Crippen LogP) is 3.40. The van der Waals surface area contributed by atoms with Crippen molar-refractivity contribution < 1.29 is 26.3 Å². The normalized spacial score (nSPS) is 12.2. The lowest BCUT2D eigenvalue weighted by Gasteiger charge is -2.09. The molecule has 0 aliphatic rings. The number of benzene rings is 2. The molecule has 0 aliphatic heterocycles. The second kappa shape index (κ2) is 9.78. The molecule has 0 bridgehead atoms. The summed E-state index contributed by atoms with van der Waals surface area (Å²) in [5.74, 6) is 0.405. The third-order valence-electron chi connectivity index (χ3n) is 3.13. The fraction of sp³-hybridized carbons (Fsp3) is 0.188. The molecule has 6 nitrogen and oxygen atoms in total. The van der Waals surface area contributed by atoms with E-state index in [2.05, 4.69) is 10.3 Å². The van der Waals surface area contributed by atoms with E-state index < -0.39 is 20.2 Å². The van der Waals surface area contributed by atoms with Crippen LogP contribution in [0, 0.1) is 0 Å². The zero-order valence-corrected chi connectivity index (χ0v) is 17.0. The van der Waals surface area contributed by atoms with E-state index in [-0.39, 0.29) is 48.8 Å². The molecule has 0 radical (unpaired) electrons. The molecule has 3 N–H and O–H groups in total. The first kappa shape index (κ1) is 23.0. The largest absolute Gasteiger partial charge is 0.501 e. The van der Waals surface area contributed by atoms with E-state index >= 15 is 0 Å². The van der Waals surface area contributed by atoms with Crippen LogP contribution in [0.5, 0.6) is 5.75 Å². The number of ether oxygens (including phenoxy) is 1. The molecule has 148 valence electrons. The molecule has 0 saturated heterocycles. The van der Waals surface area contributed by atoms with Gasteiger partial charge in [-0.25, -0.2) is 13.4 Å².